The van der Waals surface area contributed by atoms with Crippen LogP contribution in [-0.4, -0.2) is 214 Å². The van der Waals surface area contributed by atoms with Gasteiger partial charge in [-0.2, -0.15) is 0 Å². The van der Waals surface area contributed by atoms with E-state index in [0.29, 0.717) is 246 Å². The van der Waals surface area contributed by atoms with E-state index in [4.69, 9.17) is 220 Å². The molecule has 804 valence electrons. The third kappa shape index (κ3) is 44.3. The molecule has 10 atom stereocenters. The minimum absolute atomic E-state index is 0.0491. The fourth-order valence-corrected chi connectivity index (χ4v) is 107. The zero-order valence-corrected chi connectivity index (χ0v) is 112. The van der Waals surface area contributed by atoms with Crippen LogP contribution in [0.2, 0.25) is 36.3 Å². The van der Waals surface area contributed by atoms with Crippen LogP contribution in [0.15, 0.2) is 9.81 Å². The molecule has 0 heterocycles. The molecule has 0 aliphatic rings. The van der Waals surface area contributed by atoms with Crippen LogP contribution in [0.3, 0.4) is 0 Å². The van der Waals surface area contributed by atoms with Gasteiger partial charge in [-0.25, -0.2) is 0 Å². The molecule has 0 aliphatic heterocycles. The highest BCUT2D eigenvalue weighted by Crippen LogP contribution is 3.07. The van der Waals surface area contributed by atoms with E-state index in [-0.39, 0.29) is 5.92 Å². The lowest BCUT2D eigenvalue weighted by Crippen LogP contribution is -2.61. The monoisotopic (exact) mass is 2420 g/mol. The summed E-state index contributed by atoms with van der Waals surface area (Å²) in [4.78, 5) is 0. The summed E-state index contributed by atoms with van der Waals surface area (Å²) in [5.41, 5.74) is 1.02. The van der Waals surface area contributed by atoms with Gasteiger partial charge in [-0.05, 0) is 305 Å². The van der Waals surface area contributed by atoms with Gasteiger partial charge in [-0.3, -0.25) is 0 Å². The normalized spacial score (nSPS) is 19.1. The van der Waals surface area contributed by atoms with Crippen LogP contribution in [0.25, 0.3) is 0 Å². The van der Waals surface area contributed by atoms with Gasteiger partial charge >= 0.3 is 52.8 Å². The third-order valence-corrected chi connectivity index (χ3v) is 110. The topological polar surface area (TPSA) is 166 Å². The lowest BCUT2D eigenvalue weighted by Gasteiger charge is -2.77. The molecule has 18 nitrogen and oxygen atoms in total. The van der Waals surface area contributed by atoms with Gasteiger partial charge in [-0.15, -0.1) is 188 Å². The molecule has 0 amide bonds. The van der Waals surface area contributed by atoms with Crippen molar-refractivity contribution >= 4 is 300 Å². The van der Waals surface area contributed by atoms with Crippen LogP contribution in [-0.2, 0) is 79.7 Å². The Morgan fingerprint density at radius 2 is 0.424 bits per heavy atom. The minimum Gasteiger partial charge on any atom is -0.374 e. The van der Waals surface area contributed by atoms with Crippen molar-refractivity contribution in [2.24, 2.45) is 29.6 Å². The van der Waals surface area contributed by atoms with E-state index < -0.39 is 110 Å². The summed E-state index contributed by atoms with van der Waals surface area (Å²) in [7, 11) is -28.8. The molecular formula is C84H192O18S24Si6. The number of thiol groups is 12. The van der Waals surface area contributed by atoms with Crippen LogP contribution in [0.5, 0.6) is 0 Å². The van der Waals surface area contributed by atoms with Crippen LogP contribution in [0, 0.1) is 29.6 Å². The van der Waals surface area contributed by atoms with E-state index in [9.17, 15) is 0 Å². The zero-order valence-electron chi connectivity index (χ0n) is 85.9. The molecule has 132 heavy (non-hydrogen) atoms. The van der Waals surface area contributed by atoms with E-state index in [2.05, 4.69) is 48.5 Å². The smallest absolute Gasteiger partial charge is 0.374 e. The molecule has 0 aromatic carbocycles. The second kappa shape index (κ2) is 76.3. The summed E-state index contributed by atoms with van der Waals surface area (Å²) in [6, 6.07) is 2.89. The molecule has 0 aromatic heterocycles. The average Bonchev–Trinajstić information content (AvgIpc) is 0.650. The van der Waals surface area contributed by atoms with Crippen molar-refractivity contribution in [3.8, 4) is 0 Å². The number of hydrogen-bond acceptors (Lipinski definition) is 36. The molecule has 0 saturated heterocycles. The fourth-order valence-electron chi connectivity index (χ4n) is 18.0. The summed E-state index contributed by atoms with van der Waals surface area (Å²) in [6.45, 7) is 60.6. The molecule has 0 N–H and O–H groups in total. The largest absolute Gasteiger partial charge is 0.500 e. The molecule has 10 unspecified atom stereocenters. The van der Waals surface area contributed by atoms with Gasteiger partial charge in [0.1, 0.15) is 4.08 Å². The van der Waals surface area contributed by atoms with Gasteiger partial charge in [0.25, 0.3) is 0 Å². The van der Waals surface area contributed by atoms with Crippen molar-refractivity contribution < 1.29 is 79.7 Å². The molecule has 0 aliphatic carbocycles. The summed E-state index contributed by atoms with van der Waals surface area (Å²) in [6.07, 6.45) is 19.6. The molecule has 0 aromatic rings. The van der Waals surface area contributed by atoms with Gasteiger partial charge < -0.3 is 79.7 Å². The first kappa shape index (κ1) is 141. The van der Waals surface area contributed by atoms with Crippen molar-refractivity contribution in [1.82, 2.24) is 0 Å². The Morgan fingerprint density at radius 1 is 0.242 bits per heavy atom. The predicted octanol–water partition coefficient (Wildman–Crippen LogP) is 33.8. The zero-order chi connectivity index (χ0) is 100. The van der Waals surface area contributed by atoms with Gasteiger partial charge in [0, 0.05) is 159 Å². The Bertz CT molecular complexity index is 2690. The minimum atomic E-state index is -3.48. The molecule has 48 heteroatoms. The molecule has 0 saturated carbocycles. The van der Waals surface area contributed by atoms with Crippen LogP contribution in [0.1, 0.15) is 302 Å². The second-order valence-corrected chi connectivity index (χ2v) is 102. The van der Waals surface area contributed by atoms with Gasteiger partial charge in [0.2, 0.25) is 0 Å². The van der Waals surface area contributed by atoms with E-state index >= 15 is 0 Å². The Kier molecular flexibility index (Phi) is 81.3. The molecule has 0 spiro atoms. The van der Waals surface area contributed by atoms with E-state index in [1.165, 1.54) is 83.9 Å². The summed E-state index contributed by atoms with van der Waals surface area (Å²) >= 11 is 76.7. The van der Waals surface area contributed by atoms with Crippen LogP contribution >= 0.6 is 247 Å². The molecule has 0 fully saturated rings. The molecule has 0 bridgehead atoms. The first-order valence-electron chi connectivity index (χ1n) is 49.1. The lowest BCUT2D eigenvalue weighted by molar-refractivity contribution is 0.0704. The number of hydrogen-bond donors (Lipinski definition) is 12. The maximum absolute atomic E-state index is 7.04. The van der Waals surface area contributed by atoms with Crippen molar-refractivity contribution in [1.29, 1.82) is 0 Å². The fraction of sp³-hybridized carbons (Fsp3) is 0.976. The van der Waals surface area contributed by atoms with Crippen molar-refractivity contribution in [3.05, 3.63) is 9.81 Å². The third-order valence-electron chi connectivity index (χ3n) is 23.1. The highest BCUT2D eigenvalue weighted by atomic mass is 33.8. The van der Waals surface area contributed by atoms with E-state index in [1.807, 2.05) is 125 Å². The Balaban J connectivity index is 12.3. The van der Waals surface area contributed by atoms with Crippen molar-refractivity contribution in [3.63, 3.8) is 0 Å². The van der Waals surface area contributed by atoms with Gasteiger partial charge in [-0.1, -0.05) is 125 Å². The van der Waals surface area contributed by atoms with Crippen molar-refractivity contribution in [2.45, 2.75) is 346 Å². The molecular weight excluding hydrogens is 2240 g/mol. The summed E-state index contributed by atoms with van der Waals surface area (Å²) in [5, 5.41) is 0. The summed E-state index contributed by atoms with van der Waals surface area (Å²) < 4.78 is 122. The first-order valence-corrected chi connectivity index (χ1v) is 92.1. The highest BCUT2D eigenvalue weighted by molar-refractivity contribution is 9.45. The van der Waals surface area contributed by atoms with Crippen molar-refractivity contribution in [2.75, 3.05) is 153 Å². The molecule has 0 rings (SSSR count). The lowest BCUT2D eigenvalue weighted by atomic mass is 9.90. The average molecular weight is 2430 g/mol. The number of rotatable bonds is 93. The predicted molar refractivity (Wildman–Crippen MR) is 663 cm³/mol. The Labute approximate surface area is 907 Å². The Morgan fingerprint density at radius 3 is 0.614 bits per heavy atom. The van der Waals surface area contributed by atoms with E-state index in [1.54, 1.807) is 39.3 Å². The van der Waals surface area contributed by atoms with Gasteiger partial charge in [0.05, 0.1) is 4.08 Å². The Hall–Kier alpha value is 8.72. The highest BCUT2D eigenvalue weighted by Gasteiger charge is 2.78. The van der Waals surface area contributed by atoms with Crippen LogP contribution in [0.4, 0.5) is 0 Å². The quantitative estimate of drug-likeness (QED) is 0.0120. The number of unbranched alkanes of at least 4 members (excludes halogenated alkanes) is 1. The van der Waals surface area contributed by atoms with E-state index in [0.717, 1.165) is 40.9 Å². The van der Waals surface area contributed by atoms with Crippen LogP contribution < -0.4 is 0 Å². The standard InChI is InChI=1S/C84H192O18S24Si6/c1-26-85-127(86-27-2,87-28-3)69-49-63-121(109,115-103)82(122(110,116-104)64-50-70-128(88-29-4,89-30-5)90-31-6)81(25)84(125(113,119-107)67-53-73-131(97-38-13,98-39-14)99-40-15,126(114,120-108)68-54-74-132(100-41-16,101-42-17)102-43-18)83(123(111,117-105)65-51-71-129(91-32-7,92-33-8)93-34-9,124(112,118-106)66-52-72-130(94-35-10,95-36-11)96-37-12)75-80(24)62-48-61-78(22)57-45-44-56-77(21)59-47-60-79(23)58-46-55-76(19)20/h76-80,103-114H,26-75H2,1-25H3. The maximum atomic E-state index is 7.04. The first-order chi connectivity index (χ1) is 62.7. The molecule has 0 radical (unpaired) electrons. The second-order valence-electron chi connectivity index (χ2n) is 33.4. The maximum Gasteiger partial charge on any atom is 0.500 e. The summed E-state index contributed by atoms with van der Waals surface area (Å²) in [5.74, 6) is 5.63. The van der Waals surface area contributed by atoms with Gasteiger partial charge in [0.15, 0.2) is 0 Å². The SMILES string of the molecule is CCO[Si](CCCS(S)(SS)C(=C(C)C(C(CC(C)CCCC(C)CCCCC(C)CCCC(C)CCCC(C)C)(S(S)(CCC[Si](OCC)(OCC)OCC)SS)S(S)(CCC[Si](OCC)(OCC)OCC)SS)(S(S)(CCC[Si](OCC)(OCC)OCC)SS)S(S)(CCC[Si](OCC)(OCC)OCC)SS)S(S)(CCC[Si](OCC)(OCC)OCC)SS)(OCC)OCC.